The van der Waals surface area contributed by atoms with Crippen LogP contribution in [-0.4, -0.2) is 19.2 Å². The van der Waals surface area contributed by atoms with E-state index < -0.39 is 10.1 Å². The van der Waals surface area contributed by atoms with Crippen molar-refractivity contribution in [3.63, 3.8) is 0 Å². The lowest BCUT2D eigenvalue weighted by atomic mass is 10.1. The molecule has 31 heavy (non-hydrogen) atoms. The average Bonchev–Trinajstić information content (AvgIpc) is 2.79. The molecule has 1 N–H and O–H groups in total. The van der Waals surface area contributed by atoms with Crippen LogP contribution in [0.3, 0.4) is 0 Å². The monoisotopic (exact) mass is 434 g/mol. The molecule has 3 nitrogen and oxygen atoms in total. The molecule has 0 aliphatic carbocycles. The first-order chi connectivity index (χ1) is 14.8. The number of fused-ring (bicyclic) bond motifs is 2. The highest BCUT2D eigenvalue weighted by molar-refractivity contribution is 7.85. The minimum absolute atomic E-state index is 0.715. The Kier molecular flexibility index (Phi) is 11.0. The first-order valence-electron chi connectivity index (χ1n) is 9.96. The van der Waals surface area contributed by atoms with E-state index in [4.69, 9.17) is 4.55 Å². The molecule has 0 aliphatic rings. The van der Waals surface area contributed by atoms with Crippen LogP contribution in [-0.2, 0) is 10.1 Å². The van der Waals surface area contributed by atoms with Crippen molar-refractivity contribution in [2.45, 2.75) is 13.8 Å². The van der Waals surface area contributed by atoms with Gasteiger partial charge in [0, 0.05) is 0 Å². The number of hydrogen-bond donors (Lipinski definition) is 1. The topological polar surface area (TPSA) is 54.4 Å². The summed E-state index contributed by atoms with van der Waals surface area (Å²) in [6, 6.07) is 29.2. The highest BCUT2D eigenvalue weighted by Gasteiger charge is 1.94. The molecule has 4 heteroatoms. The Morgan fingerprint density at radius 2 is 0.935 bits per heavy atom. The molecule has 0 spiro atoms. The van der Waals surface area contributed by atoms with Crippen LogP contribution in [0.25, 0.3) is 33.7 Å². The van der Waals surface area contributed by atoms with Crippen molar-refractivity contribution in [2.24, 2.45) is 0 Å². The van der Waals surface area contributed by atoms with E-state index >= 15 is 0 Å². The second-order valence-corrected chi connectivity index (χ2v) is 7.74. The molecule has 0 atom stereocenters. The largest absolute Gasteiger partial charge is 0.286 e. The molecule has 0 heterocycles. The standard InChI is InChI=1S/2C12H10.C2H6.CH4O3S/c2*1-2-10-7-5-8-11-6-3-4-9-12(10)11;1-2;1-5(2,3)4/h2*2-9H,1H2;1-2H3;1H3,(H,2,3,4). The summed E-state index contributed by atoms with van der Waals surface area (Å²) >= 11 is 0. The fourth-order valence-corrected chi connectivity index (χ4v) is 2.86. The third-order valence-electron chi connectivity index (χ3n) is 4.09. The summed E-state index contributed by atoms with van der Waals surface area (Å²) in [7, 11) is -3.67. The molecule has 0 aliphatic heterocycles. The normalized spacial score (nSPS) is 9.81. The van der Waals surface area contributed by atoms with Gasteiger partial charge in [-0.3, -0.25) is 4.55 Å². The lowest BCUT2D eigenvalue weighted by Crippen LogP contribution is -1.88. The molecule has 0 radical (unpaired) electrons. The minimum Gasteiger partial charge on any atom is -0.286 e. The zero-order valence-corrected chi connectivity index (χ0v) is 19.1. The summed E-state index contributed by atoms with van der Waals surface area (Å²) in [5, 5.41) is 5.09. The zero-order valence-electron chi connectivity index (χ0n) is 18.3. The molecular weight excluding hydrogens is 404 g/mol. The van der Waals surface area contributed by atoms with Crippen molar-refractivity contribution in [3.05, 3.63) is 109 Å². The number of rotatable bonds is 2. The Balaban J connectivity index is 0.000000241. The molecule has 0 fully saturated rings. The van der Waals surface area contributed by atoms with E-state index in [1.807, 2.05) is 26.0 Å². The van der Waals surface area contributed by atoms with Gasteiger partial charge in [-0.2, -0.15) is 8.42 Å². The van der Waals surface area contributed by atoms with Crippen molar-refractivity contribution in [1.29, 1.82) is 0 Å². The third kappa shape index (κ3) is 8.99. The third-order valence-corrected chi connectivity index (χ3v) is 4.09. The minimum atomic E-state index is -3.67. The van der Waals surface area contributed by atoms with E-state index in [-0.39, 0.29) is 0 Å². The van der Waals surface area contributed by atoms with Crippen molar-refractivity contribution < 1.29 is 13.0 Å². The maximum Gasteiger partial charge on any atom is 0.261 e. The van der Waals surface area contributed by atoms with Crippen molar-refractivity contribution in [3.8, 4) is 0 Å². The Bertz CT molecular complexity index is 1120. The Labute approximate surface area is 186 Å². The van der Waals surface area contributed by atoms with Crippen LogP contribution in [0, 0.1) is 0 Å². The predicted octanol–water partition coefficient (Wildman–Crippen LogP) is 7.50. The molecular formula is C27H30O3S. The van der Waals surface area contributed by atoms with Gasteiger partial charge in [0.2, 0.25) is 0 Å². The summed E-state index contributed by atoms with van der Waals surface area (Å²) in [6.45, 7) is 11.6. The van der Waals surface area contributed by atoms with Gasteiger partial charge < -0.3 is 0 Å². The van der Waals surface area contributed by atoms with E-state index in [0.29, 0.717) is 6.26 Å². The van der Waals surface area contributed by atoms with Crippen LogP contribution < -0.4 is 0 Å². The lowest BCUT2D eigenvalue weighted by Gasteiger charge is -1.99. The summed E-state index contributed by atoms with van der Waals surface area (Å²) in [5.74, 6) is 0. The van der Waals surface area contributed by atoms with Gasteiger partial charge in [0.05, 0.1) is 6.26 Å². The Morgan fingerprint density at radius 1 is 0.645 bits per heavy atom. The van der Waals surface area contributed by atoms with E-state index in [1.165, 1.54) is 32.7 Å². The molecule has 0 saturated carbocycles. The molecule has 4 rings (SSSR count). The van der Waals surface area contributed by atoms with E-state index in [0.717, 1.165) is 0 Å². The maximum absolute atomic E-state index is 9.19. The summed E-state index contributed by atoms with van der Waals surface area (Å²) in [6.07, 6.45) is 4.50. The predicted molar refractivity (Wildman–Crippen MR) is 137 cm³/mol. The van der Waals surface area contributed by atoms with Gasteiger partial charge in [-0.25, -0.2) is 0 Å². The highest BCUT2D eigenvalue weighted by atomic mass is 32.2. The molecule has 0 unspecified atom stereocenters. The van der Waals surface area contributed by atoms with Crippen molar-refractivity contribution in [2.75, 3.05) is 6.26 Å². The molecule has 0 bridgehead atoms. The average molecular weight is 435 g/mol. The van der Waals surface area contributed by atoms with Gasteiger partial charge in [-0.1, -0.05) is 124 Å². The number of hydrogen-bond acceptors (Lipinski definition) is 2. The highest BCUT2D eigenvalue weighted by Crippen LogP contribution is 2.19. The number of benzene rings is 4. The van der Waals surface area contributed by atoms with E-state index in [2.05, 4.69) is 98.1 Å². The summed E-state index contributed by atoms with van der Waals surface area (Å²) < 4.78 is 25.9. The quantitative estimate of drug-likeness (QED) is 0.332. The van der Waals surface area contributed by atoms with Gasteiger partial charge in [0.1, 0.15) is 0 Å². The van der Waals surface area contributed by atoms with E-state index in [1.54, 1.807) is 0 Å². The van der Waals surface area contributed by atoms with Gasteiger partial charge in [-0.15, -0.1) is 0 Å². The fourth-order valence-electron chi connectivity index (χ4n) is 2.86. The molecule has 4 aromatic carbocycles. The SMILES string of the molecule is C=Cc1cccc2ccccc12.C=Cc1cccc2ccccc12.CC.CS(=O)(=O)O. The van der Waals surface area contributed by atoms with Crippen molar-refractivity contribution in [1.82, 2.24) is 0 Å². The smallest absolute Gasteiger partial charge is 0.261 e. The van der Waals surface area contributed by atoms with Gasteiger partial charge in [0.15, 0.2) is 0 Å². The zero-order chi connectivity index (χ0) is 23.3. The van der Waals surface area contributed by atoms with Gasteiger partial charge in [0.25, 0.3) is 10.1 Å². The maximum atomic E-state index is 9.19. The van der Waals surface area contributed by atoms with Crippen LogP contribution >= 0.6 is 0 Å². The molecule has 4 aromatic rings. The van der Waals surface area contributed by atoms with Gasteiger partial charge >= 0.3 is 0 Å². The molecule has 0 aromatic heterocycles. The van der Waals surface area contributed by atoms with Crippen LogP contribution in [0.4, 0.5) is 0 Å². The van der Waals surface area contributed by atoms with Gasteiger partial charge in [-0.05, 0) is 32.7 Å². The second kappa shape index (κ2) is 13.2. The summed E-state index contributed by atoms with van der Waals surface area (Å²) in [5.41, 5.74) is 2.40. The van der Waals surface area contributed by atoms with Crippen LogP contribution in [0.1, 0.15) is 25.0 Å². The van der Waals surface area contributed by atoms with Crippen molar-refractivity contribution >= 4 is 43.8 Å². The Morgan fingerprint density at radius 3 is 1.26 bits per heavy atom. The van der Waals surface area contributed by atoms with Crippen LogP contribution in [0.2, 0.25) is 0 Å². The van der Waals surface area contributed by atoms with Crippen LogP contribution in [0.5, 0.6) is 0 Å². The first kappa shape index (κ1) is 25.8. The first-order valence-corrected chi connectivity index (χ1v) is 11.8. The van der Waals surface area contributed by atoms with E-state index in [9.17, 15) is 8.42 Å². The molecule has 162 valence electrons. The second-order valence-electron chi connectivity index (χ2n) is 6.28. The van der Waals surface area contributed by atoms with Crippen LogP contribution in [0.15, 0.2) is 98.1 Å². The molecule has 0 amide bonds. The molecule has 0 saturated heterocycles. The fraction of sp³-hybridized carbons (Fsp3) is 0.111. The Hall–Kier alpha value is -3.21. The summed E-state index contributed by atoms with van der Waals surface area (Å²) in [4.78, 5) is 0. The lowest BCUT2D eigenvalue weighted by molar-refractivity contribution is 0.490.